The molecule has 0 aliphatic carbocycles. The Hall–Kier alpha value is -4.52. The van der Waals surface area contributed by atoms with Gasteiger partial charge in [-0.1, -0.05) is 49.7 Å². The van der Waals surface area contributed by atoms with Crippen LogP contribution in [-0.4, -0.2) is 23.6 Å². The van der Waals surface area contributed by atoms with Crippen molar-refractivity contribution in [2.45, 2.75) is 19.8 Å². The number of anilines is 1. The number of hydrogen-bond donors (Lipinski definition) is 1. The average molecular weight is 576 g/mol. The molecule has 0 aliphatic heterocycles. The van der Waals surface area contributed by atoms with Crippen molar-refractivity contribution in [2.75, 3.05) is 12.4 Å². The van der Waals surface area contributed by atoms with E-state index in [9.17, 15) is 24.0 Å². The number of amides is 1. The molecule has 1 heterocycles. The zero-order valence-electron chi connectivity index (χ0n) is 21.7. The average Bonchev–Trinajstić information content (AvgIpc) is 3.26. The summed E-state index contributed by atoms with van der Waals surface area (Å²) in [6, 6.07) is 19.3. The Kier molecular flexibility index (Phi) is 8.63. The van der Waals surface area contributed by atoms with Crippen molar-refractivity contribution in [3.8, 4) is 11.8 Å². The number of nitriles is 1. The summed E-state index contributed by atoms with van der Waals surface area (Å²) in [4.78, 5) is 38.6. The zero-order valence-corrected chi connectivity index (χ0v) is 23.3. The molecule has 0 radical (unpaired) electrons. The van der Waals surface area contributed by atoms with Gasteiger partial charge in [0.05, 0.1) is 27.9 Å². The zero-order chi connectivity index (χ0) is 29.0. The first-order valence-electron chi connectivity index (χ1n) is 12.1. The minimum absolute atomic E-state index is 0.118. The van der Waals surface area contributed by atoms with Crippen LogP contribution in [0.25, 0.3) is 17.3 Å². The minimum atomic E-state index is -0.784. The SMILES string of the molecule is COC(=O)c1ccc(/C=c2\s/c(=C(/C#N)C(=O)Nc3ccc(F)c(Cl)c3)n(-c3ccc(C(C)C)cc3)c2=O)cc1. The van der Waals surface area contributed by atoms with Gasteiger partial charge in [0.15, 0.2) is 5.57 Å². The van der Waals surface area contributed by atoms with Gasteiger partial charge in [-0.05, 0) is 65.6 Å². The monoisotopic (exact) mass is 575 g/mol. The molecule has 40 heavy (non-hydrogen) atoms. The minimum Gasteiger partial charge on any atom is -0.465 e. The largest absolute Gasteiger partial charge is 0.465 e. The molecule has 1 amide bonds. The van der Waals surface area contributed by atoms with Gasteiger partial charge < -0.3 is 10.1 Å². The number of carbonyl (C=O) groups excluding carboxylic acids is 2. The Morgan fingerprint density at radius 3 is 2.35 bits per heavy atom. The number of aromatic nitrogens is 1. The van der Waals surface area contributed by atoms with Gasteiger partial charge in [0.1, 0.15) is 16.5 Å². The van der Waals surface area contributed by atoms with Crippen LogP contribution in [0.4, 0.5) is 10.1 Å². The molecule has 0 bridgehead atoms. The van der Waals surface area contributed by atoms with Crippen LogP contribution >= 0.6 is 22.9 Å². The van der Waals surface area contributed by atoms with Crippen LogP contribution in [0.5, 0.6) is 0 Å². The van der Waals surface area contributed by atoms with Gasteiger partial charge in [0, 0.05) is 5.69 Å². The van der Waals surface area contributed by atoms with E-state index in [4.69, 9.17) is 16.3 Å². The third-order valence-electron chi connectivity index (χ3n) is 6.00. The second kappa shape index (κ2) is 12.1. The molecule has 0 fully saturated rings. The van der Waals surface area contributed by atoms with E-state index in [1.165, 1.54) is 23.8 Å². The molecule has 10 heteroatoms. The lowest BCUT2D eigenvalue weighted by Gasteiger charge is -2.08. The number of nitrogens with one attached hydrogen (secondary N) is 1. The molecule has 0 saturated heterocycles. The number of ether oxygens (including phenoxy) is 1. The summed E-state index contributed by atoms with van der Waals surface area (Å²) in [5.74, 6) is -1.66. The van der Waals surface area contributed by atoms with Crippen LogP contribution in [0.15, 0.2) is 71.5 Å². The smallest absolute Gasteiger partial charge is 0.337 e. The van der Waals surface area contributed by atoms with Crippen LogP contribution in [0.2, 0.25) is 5.02 Å². The van der Waals surface area contributed by atoms with E-state index in [1.54, 1.807) is 42.5 Å². The fourth-order valence-electron chi connectivity index (χ4n) is 3.84. The molecule has 3 aromatic carbocycles. The third kappa shape index (κ3) is 6.04. The molecule has 0 aliphatic rings. The third-order valence-corrected chi connectivity index (χ3v) is 7.38. The fourth-order valence-corrected chi connectivity index (χ4v) is 5.12. The number of esters is 1. The molecule has 0 unspecified atom stereocenters. The lowest BCUT2D eigenvalue weighted by molar-refractivity contribution is -0.111. The predicted molar refractivity (Wildman–Crippen MR) is 154 cm³/mol. The second-order valence-corrected chi connectivity index (χ2v) is 10.4. The Morgan fingerprint density at radius 1 is 1.10 bits per heavy atom. The molecule has 1 aromatic heterocycles. The number of benzene rings is 3. The van der Waals surface area contributed by atoms with Crippen LogP contribution in [0.1, 0.15) is 41.3 Å². The molecule has 0 saturated carbocycles. The summed E-state index contributed by atoms with van der Waals surface area (Å²) < 4.78 is 20.0. The van der Waals surface area contributed by atoms with E-state index in [0.29, 0.717) is 16.8 Å². The molecule has 202 valence electrons. The summed E-state index contributed by atoms with van der Waals surface area (Å²) >= 11 is 6.81. The summed E-state index contributed by atoms with van der Waals surface area (Å²) in [5, 5.41) is 12.4. The first-order valence-corrected chi connectivity index (χ1v) is 13.3. The molecule has 7 nitrogen and oxygen atoms in total. The van der Waals surface area contributed by atoms with Gasteiger partial charge in [0.2, 0.25) is 0 Å². The highest BCUT2D eigenvalue weighted by atomic mass is 35.5. The molecule has 4 rings (SSSR count). The van der Waals surface area contributed by atoms with E-state index in [-0.39, 0.29) is 31.4 Å². The van der Waals surface area contributed by atoms with Gasteiger partial charge in [-0.15, -0.1) is 11.3 Å². The Labute approximate surface area is 238 Å². The maximum Gasteiger partial charge on any atom is 0.337 e. The van der Waals surface area contributed by atoms with Crippen LogP contribution in [0.3, 0.4) is 0 Å². The topological polar surface area (TPSA) is 101 Å². The number of carbonyl (C=O) groups is 2. The summed E-state index contributed by atoms with van der Waals surface area (Å²) in [6.45, 7) is 4.09. The highest BCUT2D eigenvalue weighted by Crippen LogP contribution is 2.20. The number of methoxy groups -OCH3 is 1. The van der Waals surface area contributed by atoms with Gasteiger partial charge in [0.25, 0.3) is 11.5 Å². The normalized spacial score (nSPS) is 12.2. The fraction of sp³-hybridized carbons (Fsp3) is 0.133. The van der Waals surface area contributed by atoms with Crippen molar-refractivity contribution in [1.82, 2.24) is 4.57 Å². The van der Waals surface area contributed by atoms with E-state index in [1.807, 2.05) is 32.0 Å². The Bertz CT molecular complexity index is 1820. The van der Waals surface area contributed by atoms with Gasteiger partial charge in [-0.2, -0.15) is 5.26 Å². The quantitative estimate of drug-likeness (QED) is 0.335. The standard InChI is InChI=1S/C30H23ClFN3O4S/c1-17(2)19-8-11-22(12-9-19)35-28(37)26(14-18-4-6-20(7-5-18)30(38)39-3)40-29(35)23(16-33)27(36)34-21-10-13-25(32)24(31)15-21/h4-15,17H,1-3H3,(H,34,36)/b26-14-,29-23-. The molecule has 1 N–H and O–H groups in total. The van der Waals surface area contributed by atoms with Crippen molar-refractivity contribution in [3.05, 3.63) is 114 Å². The Morgan fingerprint density at radius 2 is 1.77 bits per heavy atom. The maximum absolute atomic E-state index is 13.7. The lowest BCUT2D eigenvalue weighted by Crippen LogP contribution is -2.32. The molecular weight excluding hydrogens is 553 g/mol. The van der Waals surface area contributed by atoms with Crippen molar-refractivity contribution >= 4 is 52.2 Å². The van der Waals surface area contributed by atoms with E-state index < -0.39 is 23.3 Å². The van der Waals surface area contributed by atoms with Crippen LogP contribution in [0, 0.1) is 17.1 Å². The Balaban J connectivity index is 1.91. The second-order valence-electron chi connectivity index (χ2n) is 8.99. The van der Waals surface area contributed by atoms with Crippen LogP contribution < -0.4 is 20.1 Å². The number of thiazole rings is 1. The van der Waals surface area contributed by atoms with Crippen molar-refractivity contribution in [3.63, 3.8) is 0 Å². The highest BCUT2D eigenvalue weighted by molar-refractivity contribution is 7.07. The molecule has 0 atom stereocenters. The summed E-state index contributed by atoms with van der Waals surface area (Å²) in [5.41, 5.74) is 1.97. The first-order chi connectivity index (χ1) is 19.1. The molecular formula is C30H23ClFN3O4S. The van der Waals surface area contributed by atoms with Crippen molar-refractivity contribution < 1.29 is 18.7 Å². The van der Waals surface area contributed by atoms with Gasteiger partial charge in [-0.3, -0.25) is 14.2 Å². The van der Waals surface area contributed by atoms with Crippen molar-refractivity contribution in [2.24, 2.45) is 0 Å². The van der Waals surface area contributed by atoms with Crippen molar-refractivity contribution in [1.29, 1.82) is 5.26 Å². The number of nitrogens with zero attached hydrogens (tertiary/aromatic N) is 2. The lowest BCUT2D eigenvalue weighted by atomic mass is 10.0. The predicted octanol–water partition coefficient (Wildman–Crippen LogP) is 4.74. The van der Waals surface area contributed by atoms with Gasteiger partial charge in [-0.25, -0.2) is 9.18 Å². The summed E-state index contributed by atoms with van der Waals surface area (Å²) in [7, 11) is 1.29. The number of hydrogen-bond acceptors (Lipinski definition) is 6. The molecule has 4 aromatic rings. The van der Waals surface area contributed by atoms with E-state index in [2.05, 4.69) is 5.32 Å². The van der Waals surface area contributed by atoms with E-state index in [0.717, 1.165) is 23.0 Å². The number of halogens is 2. The van der Waals surface area contributed by atoms with Crippen LogP contribution in [-0.2, 0) is 9.53 Å². The number of rotatable bonds is 6. The maximum atomic E-state index is 13.7. The first kappa shape index (κ1) is 28.5. The van der Waals surface area contributed by atoms with Gasteiger partial charge >= 0.3 is 5.97 Å². The highest BCUT2D eigenvalue weighted by Gasteiger charge is 2.18. The van der Waals surface area contributed by atoms with E-state index >= 15 is 0 Å². The molecule has 0 spiro atoms. The summed E-state index contributed by atoms with van der Waals surface area (Å²) in [6.07, 6.45) is 1.61.